The maximum absolute atomic E-state index is 11.9. The Morgan fingerprint density at radius 2 is 2.18 bits per heavy atom. The summed E-state index contributed by atoms with van der Waals surface area (Å²) in [4.78, 5) is 29.8. The Bertz CT molecular complexity index is 766. The van der Waals surface area contributed by atoms with E-state index >= 15 is 0 Å². The Balaban J connectivity index is 1.59. The maximum atomic E-state index is 11.9. The first-order chi connectivity index (χ1) is 10.6. The van der Waals surface area contributed by atoms with Crippen LogP contribution >= 0.6 is 0 Å². The molecule has 22 heavy (non-hydrogen) atoms. The Morgan fingerprint density at radius 3 is 2.86 bits per heavy atom. The number of hydrogen-bond donors (Lipinski definition) is 0. The minimum absolute atomic E-state index is 0.176. The first kappa shape index (κ1) is 13.2. The van der Waals surface area contributed by atoms with Crippen LogP contribution in [0.5, 0.6) is 0 Å². The van der Waals surface area contributed by atoms with E-state index in [9.17, 15) is 9.59 Å². The number of carbonyl (C=O) groups is 2. The molecule has 2 aromatic heterocycles. The normalized spacial score (nSPS) is 19.1. The lowest BCUT2D eigenvalue weighted by molar-refractivity contribution is -0.134. The van der Waals surface area contributed by atoms with Crippen LogP contribution in [-0.2, 0) is 9.53 Å². The van der Waals surface area contributed by atoms with Crippen LogP contribution in [0, 0.1) is 5.41 Å². The van der Waals surface area contributed by atoms with E-state index in [1.807, 2.05) is 6.07 Å². The molecule has 1 saturated carbocycles. The second-order valence-electron chi connectivity index (χ2n) is 6.08. The lowest BCUT2D eigenvalue weighted by Crippen LogP contribution is -2.63. The molecular formula is C15H16N4O3. The van der Waals surface area contributed by atoms with E-state index in [1.165, 1.54) is 6.20 Å². The van der Waals surface area contributed by atoms with Gasteiger partial charge in [0.1, 0.15) is 17.2 Å². The lowest BCUT2D eigenvalue weighted by Gasteiger charge is -2.55. The van der Waals surface area contributed by atoms with Gasteiger partial charge in [-0.1, -0.05) is 0 Å². The summed E-state index contributed by atoms with van der Waals surface area (Å²) in [7, 11) is 0. The van der Waals surface area contributed by atoms with Gasteiger partial charge < -0.3 is 9.64 Å². The zero-order chi connectivity index (χ0) is 15.3. The number of esters is 1. The van der Waals surface area contributed by atoms with Crippen molar-refractivity contribution in [2.75, 3.05) is 24.6 Å². The summed E-state index contributed by atoms with van der Waals surface area (Å²) in [6.07, 6.45) is 4.64. The van der Waals surface area contributed by atoms with Crippen molar-refractivity contribution in [3.63, 3.8) is 0 Å². The third kappa shape index (κ3) is 1.88. The molecule has 2 aliphatic rings. The van der Waals surface area contributed by atoms with Crippen molar-refractivity contribution < 1.29 is 14.3 Å². The molecule has 0 aromatic carbocycles. The van der Waals surface area contributed by atoms with Gasteiger partial charge in [0.15, 0.2) is 5.65 Å². The van der Waals surface area contributed by atoms with Crippen LogP contribution in [0.4, 0.5) is 5.82 Å². The van der Waals surface area contributed by atoms with Crippen molar-refractivity contribution in [3.8, 4) is 0 Å². The molecule has 1 aliphatic heterocycles. The summed E-state index contributed by atoms with van der Waals surface area (Å²) in [6.45, 7) is 3.79. The molecule has 3 heterocycles. The molecule has 0 amide bonds. The minimum atomic E-state index is -0.410. The quantitative estimate of drug-likeness (QED) is 0.789. The highest BCUT2D eigenvalue weighted by Gasteiger charge is 2.52. The van der Waals surface area contributed by atoms with E-state index in [-0.39, 0.29) is 5.41 Å². The van der Waals surface area contributed by atoms with Crippen LogP contribution in [0.15, 0.2) is 18.5 Å². The highest BCUT2D eigenvalue weighted by molar-refractivity contribution is 5.95. The standard InChI is InChI=1S/C15H16N4O3/c1-2-22-14(21)11-7-16-19-4-3-12(17-13(11)19)18-8-15(9-18)5-10(20)6-15/h3-4,7H,2,5-6,8-9H2,1H3. The second-order valence-corrected chi connectivity index (χ2v) is 6.08. The van der Waals surface area contributed by atoms with Crippen LogP contribution in [0.1, 0.15) is 30.1 Å². The van der Waals surface area contributed by atoms with Crippen LogP contribution in [0.3, 0.4) is 0 Å². The van der Waals surface area contributed by atoms with E-state index in [0.717, 1.165) is 18.9 Å². The number of hydrogen-bond acceptors (Lipinski definition) is 6. The molecule has 0 radical (unpaired) electrons. The highest BCUT2D eigenvalue weighted by Crippen LogP contribution is 2.47. The number of rotatable bonds is 3. The van der Waals surface area contributed by atoms with Gasteiger partial charge in [0, 0.05) is 37.5 Å². The number of ketones is 1. The minimum Gasteiger partial charge on any atom is -0.462 e. The lowest BCUT2D eigenvalue weighted by atomic mass is 9.63. The van der Waals surface area contributed by atoms with E-state index in [2.05, 4.69) is 15.0 Å². The van der Waals surface area contributed by atoms with Gasteiger partial charge in [-0.05, 0) is 13.0 Å². The SMILES string of the molecule is CCOC(=O)c1cnn2ccc(N3CC4(CC(=O)C4)C3)nc12. The Labute approximate surface area is 126 Å². The summed E-state index contributed by atoms with van der Waals surface area (Å²) in [5.74, 6) is 0.749. The van der Waals surface area contributed by atoms with Crippen LogP contribution in [0.25, 0.3) is 5.65 Å². The predicted molar refractivity (Wildman–Crippen MR) is 77.8 cm³/mol. The highest BCUT2D eigenvalue weighted by atomic mass is 16.5. The van der Waals surface area contributed by atoms with Gasteiger partial charge in [0.2, 0.25) is 0 Å². The molecule has 0 bridgehead atoms. The van der Waals surface area contributed by atoms with Gasteiger partial charge in [-0.3, -0.25) is 4.79 Å². The molecular weight excluding hydrogens is 284 g/mol. The molecule has 114 valence electrons. The zero-order valence-corrected chi connectivity index (χ0v) is 12.3. The second kappa shape index (κ2) is 4.53. The van der Waals surface area contributed by atoms with Crippen LogP contribution in [-0.4, -0.2) is 46.0 Å². The van der Waals surface area contributed by atoms with E-state index in [0.29, 0.717) is 36.4 Å². The van der Waals surface area contributed by atoms with Gasteiger partial charge in [-0.15, -0.1) is 0 Å². The molecule has 1 aliphatic carbocycles. The summed E-state index contributed by atoms with van der Waals surface area (Å²) in [6, 6.07) is 1.88. The Kier molecular flexibility index (Phi) is 2.72. The number of fused-ring (bicyclic) bond motifs is 1. The molecule has 0 N–H and O–H groups in total. The number of anilines is 1. The van der Waals surface area contributed by atoms with Crippen molar-refractivity contribution >= 4 is 23.2 Å². The fraction of sp³-hybridized carbons (Fsp3) is 0.467. The number of carbonyl (C=O) groups excluding carboxylic acids is 2. The summed E-state index contributed by atoms with van der Waals surface area (Å²) >= 11 is 0. The molecule has 7 heteroatoms. The van der Waals surface area contributed by atoms with Crippen LogP contribution in [0.2, 0.25) is 0 Å². The number of nitrogens with zero attached hydrogens (tertiary/aromatic N) is 4. The molecule has 2 aromatic rings. The van der Waals surface area contributed by atoms with Crippen molar-refractivity contribution in [1.82, 2.24) is 14.6 Å². The zero-order valence-electron chi connectivity index (χ0n) is 12.3. The fourth-order valence-corrected chi connectivity index (χ4v) is 3.32. The third-order valence-corrected chi connectivity index (χ3v) is 4.37. The largest absolute Gasteiger partial charge is 0.462 e. The number of ether oxygens (including phenoxy) is 1. The van der Waals surface area contributed by atoms with Gasteiger partial charge in [-0.25, -0.2) is 14.3 Å². The predicted octanol–water partition coefficient (Wildman–Crippen LogP) is 1.08. The number of Topliss-reactive ketones (excluding diaryl/α,β-unsaturated/α-hetero) is 1. The topological polar surface area (TPSA) is 76.8 Å². The molecule has 1 spiro atoms. The molecule has 0 atom stereocenters. The van der Waals surface area contributed by atoms with Crippen molar-refractivity contribution in [2.45, 2.75) is 19.8 Å². The van der Waals surface area contributed by atoms with Gasteiger partial charge in [-0.2, -0.15) is 5.10 Å². The molecule has 1 saturated heterocycles. The van der Waals surface area contributed by atoms with E-state index in [1.54, 1.807) is 17.6 Å². The van der Waals surface area contributed by atoms with Crippen LogP contribution < -0.4 is 4.90 Å². The van der Waals surface area contributed by atoms with Crippen molar-refractivity contribution in [2.24, 2.45) is 5.41 Å². The first-order valence-corrected chi connectivity index (χ1v) is 7.38. The smallest absolute Gasteiger partial charge is 0.343 e. The monoisotopic (exact) mass is 300 g/mol. The summed E-state index contributed by atoms with van der Waals surface area (Å²) < 4.78 is 6.59. The van der Waals surface area contributed by atoms with E-state index < -0.39 is 5.97 Å². The van der Waals surface area contributed by atoms with E-state index in [4.69, 9.17) is 4.74 Å². The Hall–Kier alpha value is -2.44. The number of aromatic nitrogens is 3. The van der Waals surface area contributed by atoms with Gasteiger partial charge >= 0.3 is 5.97 Å². The Morgan fingerprint density at radius 1 is 1.41 bits per heavy atom. The van der Waals surface area contributed by atoms with Crippen molar-refractivity contribution in [1.29, 1.82) is 0 Å². The van der Waals surface area contributed by atoms with Gasteiger partial charge in [0.05, 0.1) is 12.8 Å². The molecule has 4 rings (SSSR count). The molecule has 2 fully saturated rings. The maximum Gasteiger partial charge on any atom is 0.343 e. The molecule has 0 unspecified atom stereocenters. The average Bonchev–Trinajstić information content (AvgIpc) is 2.84. The van der Waals surface area contributed by atoms with Gasteiger partial charge in [0.25, 0.3) is 0 Å². The van der Waals surface area contributed by atoms with Crippen molar-refractivity contribution in [3.05, 3.63) is 24.0 Å². The fourth-order valence-electron chi connectivity index (χ4n) is 3.32. The summed E-state index contributed by atoms with van der Waals surface area (Å²) in [5.41, 5.74) is 1.05. The first-order valence-electron chi connectivity index (χ1n) is 7.38. The summed E-state index contributed by atoms with van der Waals surface area (Å²) in [5, 5.41) is 4.12. The third-order valence-electron chi connectivity index (χ3n) is 4.37. The molecule has 7 nitrogen and oxygen atoms in total. The average molecular weight is 300 g/mol.